The first-order valence-electron chi connectivity index (χ1n) is 9.17. The summed E-state index contributed by atoms with van der Waals surface area (Å²) >= 11 is 0. The van der Waals surface area contributed by atoms with Crippen molar-refractivity contribution in [1.29, 1.82) is 0 Å². The Bertz CT molecular complexity index is 697. The number of aryl methyl sites for hydroxylation is 1. The summed E-state index contributed by atoms with van der Waals surface area (Å²) < 4.78 is 0. The molecule has 0 N–H and O–H groups in total. The van der Waals surface area contributed by atoms with Crippen molar-refractivity contribution in [2.24, 2.45) is 0 Å². The number of likely N-dealkylation sites (tertiary alicyclic amines) is 1. The van der Waals surface area contributed by atoms with Gasteiger partial charge < -0.3 is 9.80 Å². The molecule has 2 aliphatic heterocycles. The van der Waals surface area contributed by atoms with Gasteiger partial charge in [0.2, 0.25) is 0 Å². The van der Waals surface area contributed by atoms with E-state index in [-0.39, 0.29) is 0 Å². The van der Waals surface area contributed by atoms with Gasteiger partial charge in [-0.15, -0.1) is 0 Å². The zero-order valence-electron chi connectivity index (χ0n) is 14.8. The van der Waals surface area contributed by atoms with Crippen LogP contribution in [0.1, 0.15) is 35.4 Å². The van der Waals surface area contributed by atoms with Gasteiger partial charge >= 0.3 is 0 Å². The van der Waals surface area contributed by atoms with E-state index in [2.05, 4.69) is 59.1 Å². The molecule has 0 aliphatic carbocycles. The lowest BCUT2D eigenvalue weighted by Gasteiger charge is -2.29. The van der Waals surface area contributed by atoms with E-state index in [9.17, 15) is 0 Å². The minimum Gasteiger partial charge on any atom is -0.367 e. The number of benzene rings is 1. The van der Waals surface area contributed by atoms with Crippen LogP contribution in [0.4, 0.5) is 5.69 Å². The Kier molecular flexibility index (Phi) is 4.28. The summed E-state index contributed by atoms with van der Waals surface area (Å²) in [7, 11) is 2.28. The van der Waals surface area contributed by atoms with Gasteiger partial charge in [-0.05, 0) is 69.1 Å². The molecule has 4 rings (SSSR count). The molecule has 2 aliphatic rings. The predicted molar refractivity (Wildman–Crippen MR) is 99.7 cm³/mol. The van der Waals surface area contributed by atoms with Crippen LogP contribution < -0.4 is 4.90 Å². The number of hydrogen-bond donors (Lipinski definition) is 0. The molecule has 0 saturated carbocycles. The summed E-state index contributed by atoms with van der Waals surface area (Å²) in [5.74, 6) is 0.657. The van der Waals surface area contributed by atoms with Crippen LogP contribution in [0.2, 0.25) is 0 Å². The second-order valence-corrected chi connectivity index (χ2v) is 7.44. The SMILES string of the molecule is Cc1ccc2c(c1)[C@H]1CN(C)CCC[C@@H]1N2CCc1ccncc1. The Balaban J connectivity index is 1.63. The maximum absolute atomic E-state index is 4.14. The lowest BCUT2D eigenvalue weighted by atomic mass is 9.92. The molecule has 0 bridgehead atoms. The number of fused-ring (bicyclic) bond motifs is 3. The van der Waals surface area contributed by atoms with Gasteiger partial charge in [0.25, 0.3) is 0 Å². The summed E-state index contributed by atoms with van der Waals surface area (Å²) in [6.07, 6.45) is 7.50. The molecule has 0 unspecified atom stereocenters. The molecule has 24 heavy (non-hydrogen) atoms. The van der Waals surface area contributed by atoms with Crippen molar-refractivity contribution in [3.05, 3.63) is 59.4 Å². The third-order valence-corrected chi connectivity index (χ3v) is 5.70. The average Bonchev–Trinajstić information content (AvgIpc) is 2.73. The predicted octanol–water partition coefficient (Wildman–Crippen LogP) is 3.63. The molecule has 2 aromatic rings. The fourth-order valence-electron chi connectivity index (χ4n) is 4.50. The van der Waals surface area contributed by atoms with Gasteiger partial charge in [0.1, 0.15) is 0 Å². The van der Waals surface area contributed by atoms with Crippen LogP contribution in [0.15, 0.2) is 42.7 Å². The molecule has 2 atom stereocenters. The molecule has 3 nitrogen and oxygen atoms in total. The number of likely N-dealkylation sites (N-methyl/N-ethyl adjacent to an activating group) is 1. The van der Waals surface area contributed by atoms with Gasteiger partial charge in [0.05, 0.1) is 0 Å². The highest BCUT2D eigenvalue weighted by Crippen LogP contribution is 2.44. The van der Waals surface area contributed by atoms with Gasteiger partial charge in [0.15, 0.2) is 0 Å². The number of rotatable bonds is 3. The van der Waals surface area contributed by atoms with E-state index in [1.807, 2.05) is 12.4 Å². The molecule has 0 amide bonds. The van der Waals surface area contributed by atoms with Gasteiger partial charge in [-0.1, -0.05) is 17.7 Å². The smallest absolute Gasteiger partial charge is 0.0405 e. The van der Waals surface area contributed by atoms with Crippen molar-refractivity contribution in [3.8, 4) is 0 Å². The van der Waals surface area contributed by atoms with Crippen LogP contribution in [0.25, 0.3) is 0 Å². The standard InChI is InChI=1S/C21H27N3/c1-16-5-6-21-18(14-16)19-15-23(2)12-3-4-20(19)24(21)13-9-17-7-10-22-11-8-17/h5-8,10-11,14,19-20H,3-4,9,12-13,15H2,1-2H3/t19-,20+/m1/s1. The summed E-state index contributed by atoms with van der Waals surface area (Å²) in [5, 5.41) is 0. The molecular weight excluding hydrogens is 294 g/mol. The highest BCUT2D eigenvalue weighted by atomic mass is 15.2. The molecule has 0 spiro atoms. The van der Waals surface area contributed by atoms with Crippen molar-refractivity contribution in [3.63, 3.8) is 0 Å². The van der Waals surface area contributed by atoms with E-state index in [1.165, 1.54) is 42.7 Å². The van der Waals surface area contributed by atoms with E-state index < -0.39 is 0 Å². The number of nitrogens with zero attached hydrogens (tertiary/aromatic N) is 3. The molecule has 1 aromatic carbocycles. The first-order valence-corrected chi connectivity index (χ1v) is 9.17. The molecule has 3 heterocycles. The van der Waals surface area contributed by atoms with Gasteiger partial charge in [-0.2, -0.15) is 0 Å². The molecule has 1 saturated heterocycles. The maximum Gasteiger partial charge on any atom is 0.0405 e. The van der Waals surface area contributed by atoms with Crippen LogP contribution in [0.5, 0.6) is 0 Å². The second kappa shape index (κ2) is 6.56. The molecule has 126 valence electrons. The first-order chi connectivity index (χ1) is 11.7. The van der Waals surface area contributed by atoms with Crippen LogP contribution in [-0.2, 0) is 6.42 Å². The number of pyridine rings is 1. The third kappa shape index (κ3) is 2.93. The van der Waals surface area contributed by atoms with Gasteiger partial charge in [-0.25, -0.2) is 0 Å². The Morgan fingerprint density at radius 2 is 2.00 bits per heavy atom. The highest BCUT2D eigenvalue weighted by molar-refractivity contribution is 5.63. The summed E-state index contributed by atoms with van der Waals surface area (Å²) in [5.41, 5.74) is 5.81. The largest absolute Gasteiger partial charge is 0.367 e. The Morgan fingerprint density at radius 3 is 2.83 bits per heavy atom. The topological polar surface area (TPSA) is 19.4 Å². The first kappa shape index (κ1) is 15.6. The fraction of sp³-hybridized carbons (Fsp3) is 0.476. The summed E-state index contributed by atoms with van der Waals surface area (Å²) in [6.45, 7) is 5.74. The third-order valence-electron chi connectivity index (χ3n) is 5.70. The van der Waals surface area contributed by atoms with Crippen molar-refractivity contribution >= 4 is 5.69 Å². The van der Waals surface area contributed by atoms with E-state index in [4.69, 9.17) is 0 Å². The van der Waals surface area contributed by atoms with Crippen LogP contribution in [-0.4, -0.2) is 42.6 Å². The lowest BCUT2D eigenvalue weighted by Crippen LogP contribution is -2.37. The average molecular weight is 321 g/mol. The molecule has 1 aromatic heterocycles. The molecular formula is C21H27N3. The minimum absolute atomic E-state index is 0.657. The number of anilines is 1. The van der Waals surface area contributed by atoms with E-state index >= 15 is 0 Å². The van der Waals surface area contributed by atoms with Crippen LogP contribution in [0.3, 0.4) is 0 Å². The molecule has 0 radical (unpaired) electrons. The number of hydrogen-bond acceptors (Lipinski definition) is 3. The quantitative estimate of drug-likeness (QED) is 0.860. The Hall–Kier alpha value is -1.87. The second-order valence-electron chi connectivity index (χ2n) is 7.44. The Labute approximate surface area is 145 Å². The number of aromatic nitrogens is 1. The molecule has 1 fully saturated rings. The molecule has 3 heteroatoms. The highest BCUT2D eigenvalue weighted by Gasteiger charge is 2.39. The van der Waals surface area contributed by atoms with E-state index in [1.54, 1.807) is 5.56 Å². The van der Waals surface area contributed by atoms with Crippen molar-refractivity contribution < 1.29 is 0 Å². The van der Waals surface area contributed by atoms with Crippen molar-refractivity contribution in [1.82, 2.24) is 9.88 Å². The zero-order valence-corrected chi connectivity index (χ0v) is 14.8. The Morgan fingerprint density at radius 1 is 1.17 bits per heavy atom. The summed E-state index contributed by atoms with van der Waals surface area (Å²) in [4.78, 5) is 9.35. The van der Waals surface area contributed by atoms with Crippen molar-refractivity contribution in [2.75, 3.05) is 31.6 Å². The van der Waals surface area contributed by atoms with Crippen LogP contribution in [0, 0.1) is 6.92 Å². The lowest BCUT2D eigenvalue weighted by molar-refractivity contribution is 0.330. The summed E-state index contributed by atoms with van der Waals surface area (Å²) in [6, 6.07) is 12.0. The van der Waals surface area contributed by atoms with E-state index in [0.29, 0.717) is 12.0 Å². The zero-order chi connectivity index (χ0) is 16.5. The van der Waals surface area contributed by atoms with Crippen LogP contribution >= 0.6 is 0 Å². The van der Waals surface area contributed by atoms with Gasteiger partial charge in [-0.3, -0.25) is 4.98 Å². The van der Waals surface area contributed by atoms with E-state index in [0.717, 1.165) is 13.0 Å². The minimum atomic E-state index is 0.657. The van der Waals surface area contributed by atoms with Crippen molar-refractivity contribution in [2.45, 2.75) is 38.1 Å². The normalized spacial score (nSPS) is 23.7. The van der Waals surface area contributed by atoms with Gasteiger partial charge in [0, 0.05) is 43.1 Å². The monoisotopic (exact) mass is 321 g/mol. The fourth-order valence-corrected chi connectivity index (χ4v) is 4.50. The maximum atomic E-state index is 4.14.